The predicted molar refractivity (Wildman–Crippen MR) is 86.9 cm³/mol. The highest BCUT2D eigenvalue weighted by Gasteiger charge is 2.13. The molecule has 0 bridgehead atoms. The lowest BCUT2D eigenvalue weighted by Gasteiger charge is -2.16. The molecule has 0 atom stereocenters. The Morgan fingerprint density at radius 1 is 1.14 bits per heavy atom. The van der Waals surface area contributed by atoms with Crippen molar-refractivity contribution in [3.8, 4) is 0 Å². The Bertz CT molecular complexity index is 625. The van der Waals surface area contributed by atoms with Crippen LogP contribution in [0, 0.1) is 0 Å². The number of thiophene rings is 1. The van der Waals surface area contributed by atoms with Crippen LogP contribution in [-0.4, -0.2) is 33.5 Å². The molecule has 0 fully saturated rings. The van der Waals surface area contributed by atoms with E-state index in [-0.39, 0.29) is 0 Å². The third kappa shape index (κ3) is 5.24. The molecule has 2 aromatic rings. The van der Waals surface area contributed by atoms with Gasteiger partial charge >= 0.3 is 0 Å². The van der Waals surface area contributed by atoms with Gasteiger partial charge in [-0.05, 0) is 37.0 Å². The molecular formula is C15H20N2O2S2. The van der Waals surface area contributed by atoms with Gasteiger partial charge in [0.2, 0.25) is 10.0 Å². The number of rotatable bonds is 8. The first-order valence-electron chi connectivity index (χ1n) is 6.83. The van der Waals surface area contributed by atoms with E-state index in [2.05, 4.69) is 21.8 Å². The molecule has 0 amide bonds. The second kappa shape index (κ2) is 7.70. The molecule has 0 saturated heterocycles. The highest BCUT2D eigenvalue weighted by molar-refractivity contribution is 7.91. The maximum absolute atomic E-state index is 11.9. The summed E-state index contributed by atoms with van der Waals surface area (Å²) in [6.45, 7) is 2.18. The Kier molecular flexibility index (Phi) is 5.93. The Labute approximate surface area is 130 Å². The van der Waals surface area contributed by atoms with Gasteiger partial charge in [-0.1, -0.05) is 36.4 Å². The van der Waals surface area contributed by atoms with Crippen molar-refractivity contribution >= 4 is 21.4 Å². The van der Waals surface area contributed by atoms with Gasteiger partial charge in [0.15, 0.2) is 0 Å². The molecule has 2 rings (SSSR count). The van der Waals surface area contributed by atoms with Crippen molar-refractivity contribution in [3.63, 3.8) is 0 Å². The number of sulfonamides is 1. The molecule has 0 spiro atoms. The van der Waals surface area contributed by atoms with Gasteiger partial charge in [-0.2, -0.15) is 0 Å². The van der Waals surface area contributed by atoms with E-state index in [0.717, 1.165) is 19.5 Å². The summed E-state index contributed by atoms with van der Waals surface area (Å²) in [4.78, 5) is 2.19. The van der Waals surface area contributed by atoms with E-state index in [1.807, 2.05) is 25.2 Å². The first-order valence-corrected chi connectivity index (χ1v) is 9.20. The van der Waals surface area contributed by atoms with Crippen molar-refractivity contribution in [3.05, 3.63) is 53.4 Å². The highest BCUT2D eigenvalue weighted by Crippen LogP contribution is 2.15. The van der Waals surface area contributed by atoms with Gasteiger partial charge in [-0.25, -0.2) is 13.1 Å². The molecule has 21 heavy (non-hydrogen) atoms. The molecule has 0 aliphatic heterocycles. The predicted octanol–water partition coefficient (Wildman–Crippen LogP) is 2.55. The molecule has 0 aliphatic carbocycles. The Hall–Kier alpha value is -1.21. The van der Waals surface area contributed by atoms with Crippen LogP contribution in [0.1, 0.15) is 12.0 Å². The average Bonchev–Trinajstić information content (AvgIpc) is 3.00. The number of benzene rings is 1. The van der Waals surface area contributed by atoms with Crippen molar-refractivity contribution < 1.29 is 8.42 Å². The normalized spacial score (nSPS) is 11.9. The summed E-state index contributed by atoms with van der Waals surface area (Å²) in [5.74, 6) is 0. The minimum Gasteiger partial charge on any atom is -0.302 e. The van der Waals surface area contributed by atoms with Crippen LogP contribution in [0.15, 0.2) is 52.1 Å². The van der Waals surface area contributed by atoms with Crippen molar-refractivity contribution in [1.82, 2.24) is 9.62 Å². The minimum absolute atomic E-state index is 0.375. The summed E-state index contributed by atoms with van der Waals surface area (Å²) < 4.78 is 26.8. The average molecular weight is 324 g/mol. The third-order valence-corrected chi connectivity index (χ3v) is 5.92. The van der Waals surface area contributed by atoms with Gasteiger partial charge < -0.3 is 4.90 Å². The quantitative estimate of drug-likeness (QED) is 0.759. The fraction of sp³-hybridized carbons (Fsp3) is 0.333. The maximum Gasteiger partial charge on any atom is 0.250 e. The van der Waals surface area contributed by atoms with E-state index >= 15 is 0 Å². The lowest BCUT2D eigenvalue weighted by atomic mass is 10.2. The molecule has 1 heterocycles. The summed E-state index contributed by atoms with van der Waals surface area (Å²) in [5.41, 5.74) is 1.26. The minimum atomic E-state index is -3.32. The highest BCUT2D eigenvalue weighted by atomic mass is 32.2. The van der Waals surface area contributed by atoms with E-state index in [1.54, 1.807) is 17.5 Å². The van der Waals surface area contributed by atoms with Crippen molar-refractivity contribution in [2.75, 3.05) is 20.1 Å². The number of hydrogen-bond acceptors (Lipinski definition) is 4. The van der Waals surface area contributed by atoms with E-state index in [0.29, 0.717) is 10.8 Å². The van der Waals surface area contributed by atoms with Crippen LogP contribution in [0.2, 0.25) is 0 Å². The van der Waals surface area contributed by atoms with Crippen LogP contribution < -0.4 is 4.72 Å². The summed E-state index contributed by atoms with van der Waals surface area (Å²) >= 11 is 1.24. The maximum atomic E-state index is 11.9. The molecule has 6 heteroatoms. The van der Waals surface area contributed by atoms with Crippen LogP contribution in [0.25, 0.3) is 0 Å². The summed E-state index contributed by atoms with van der Waals surface area (Å²) in [7, 11) is -1.28. The van der Waals surface area contributed by atoms with Crippen molar-refractivity contribution in [2.24, 2.45) is 0 Å². The van der Waals surface area contributed by atoms with E-state index in [9.17, 15) is 8.42 Å². The Morgan fingerprint density at radius 3 is 2.57 bits per heavy atom. The Balaban J connectivity index is 1.70. The molecule has 0 radical (unpaired) electrons. The van der Waals surface area contributed by atoms with Crippen LogP contribution >= 0.6 is 11.3 Å². The first kappa shape index (κ1) is 16.2. The molecule has 0 aliphatic rings. The monoisotopic (exact) mass is 324 g/mol. The number of nitrogens with one attached hydrogen (secondary N) is 1. The van der Waals surface area contributed by atoms with E-state index < -0.39 is 10.0 Å². The number of hydrogen-bond donors (Lipinski definition) is 1. The molecule has 1 aromatic heterocycles. The zero-order chi connectivity index (χ0) is 15.1. The van der Waals surface area contributed by atoms with Crippen LogP contribution in [0.5, 0.6) is 0 Å². The fourth-order valence-electron chi connectivity index (χ4n) is 2.02. The molecule has 114 valence electrons. The zero-order valence-electron chi connectivity index (χ0n) is 12.0. The van der Waals surface area contributed by atoms with Crippen LogP contribution in [0.3, 0.4) is 0 Å². The second-order valence-corrected chi connectivity index (χ2v) is 7.85. The zero-order valence-corrected chi connectivity index (χ0v) is 13.7. The summed E-state index contributed by atoms with van der Waals surface area (Å²) in [6, 6.07) is 13.6. The lowest BCUT2D eigenvalue weighted by Crippen LogP contribution is -2.27. The second-order valence-electron chi connectivity index (χ2n) is 4.91. The SMILES string of the molecule is CN(CCCNS(=O)(=O)c1cccs1)Cc1ccccc1. The topological polar surface area (TPSA) is 49.4 Å². The lowest BCUT2D eigenvalue weighted by molar-refractivity contribution is 0.322. The molecule has 0 saturated carbocycles. The van der Waals surface area contributed by atoms with Gasteiger partial charge in [0, 0.05) is 13.1 Å². The van der Waals surface area contributed by atoms with Gasteiger partial charge in [-0.3, -0.25) is 0 Å². The molecule has 1 aromatic carbocycles. The van der Waals surface area contributed by atoms with Crippen LogP contribution in [0.4, 0.5) is 0 Å². The fourth-order valence-corrected chi connectivity index (χ4v) is 4.13. The largest absolute Gasteiger partial charge is 0.302 e. The standard InChI is InChI=1S/C15H20N2O2S2/c1-17(13-14-7-3-2-4-8-14)11-6-10-16-21(18,19)15-9-5-12-20-15/h2-5,7-9,12,16H,6,10-11,13H2,1H3. The third-order valence-electron chi connectivity index (χ3n) is 3.06. The van der Waals surface area contributed by atoms with Gasteiger partial charge in [-0.15, -0.1) is 11.3 Å². The van der Waals surface area contributed by atoms with E-state index in [1.165, 1.54) is 16.9 Å². The van der Waals surface area contributed by atoms with Gasteiger partial charge in [0.05, 0.1) is 0 Å². The summed E-state index contributed by atoms with van der Waals surface area (Å²) in [6.07, 6.45) is 0.786. The van der Waals surface area contributed by atoms with E-state index in [4.69, 9.17) is 0 Å². The molecule has 4 nitrogen and oxygen atoms in total. The first-order chi connectivity index (χ1) is 10.1. The molecule has 0 unspecified atom stereocenters. The van der Waals surface area contributed by atoms with Crippen molar-refractivity contribution in [1.29, 1.82) is 0 Å². The summed E-state index contributed by atoms with van der Waals surface area (Å²) in [5, 5.41) is 1.77. The van der Waals surface area contributed by atoms with Crippen molar-refractivity contribution in [2.45, 2.75) is 17.2 Å². The number of nitrogens with zero attached hydrogens (tertiary/aromatic N) is 1. The van der Waals surface area contributed by atoms with Crippen LogP contribution in [-0.2, 0) is 16.6 Å². The smallest absolute Gasteiger partial charge is 0.250 e. The Morgan fingerprint density at radius 2 is 1.90 bits per heavy atom. The van der Waals surface area contributed by atoms with Gasteiger partial charge in [0.25, 0.3) is 0 Å². The molecule has 1 N–H and O–H groups in total. The molecular weight excluding hydrogens is 304 g/mol. The van der Waals surface area contributed by atoms with Gasteiger partial charge in [0.1, 0.15) is 4.21 Å².